The summed E-state index contributed by atoms with van der Waals surface area (Å²) in [6.07, 6.45) is 3.25. The van der Waals surface area contributed by atoms with E-state index in [4.69, 9.17) is 10.4 Å². The second kappa shape index (κ2) is 3.79. The molecule has 1 N–H and O–H groups in total. The average Bonchev–Trinajstić information content (AvgIpc) is 2.10. The third kappa shape index (κ3) is 1.77. The Labute approximate surface area is 70.5 Å². The number of aliphatic hydroxyl groups is 1. The Morgan fingerprint density at radius 2 is 2.17 bits per heavy atom. The van der Waals surface area contributed by atoms with Gasteiger partial charge < -0.3 is 5.11 Å². The SMILES string of the molecule is Cc1cnc(C(C#N)CO)nc1. The highest BCUT2D eigenvalue weighted by atomic mass is 16.3. The molecule has 0 fully saturated rings. The fourth-order valence-electron chi connectivity index (χ4n) is 0.763. The summed E-state index contributed by atoms with van der Waals surface area (Å²) >= 11 is 0. The maximum Gasteiger partial charge on any atom is 0.147 e. The maximum atomic E-state index is 8.75. The first-order valence-corrected chi connectivity index (χ1v) is 3.57. The fraction of sp³-hybridized carbons (Fsp3) is 0.375. The first kappa shape index (κ1) is 8.62. The minimum atomic E-state index is -0.606. The Morgan fingerprint density at radius 1 is 1.58 bits per heavy atom. The zero-order valence-corrected chi connectivity index (χ0v) is 6.73. The molecule has 1 aromatic rings. The molecule has 0 aromatic carbocycles. The lowest BCUT2D eigenvalue weighted by Gasteiger charge is -2.02. The van der Waals surface area contributed by atoms with Crippen molar-refractivity contribution in [2.45, 2.75) is 12.8 Å². The van der Waals surface area contributed by atoms with Gasteiger partial charge in [-0.25, -0.2) is 9.97 Å². The van der Waals surface area contributed by atoms with E-state index in [0.29, 0.717) is 5.82 Å². The molecule has 0 aliphatic carbocycles. The summed E-state index contributed by atoms with van der Waals surface area (Å²) in [6.45, 7) is 1.63. The molecule has 62 valence electrons. The number of hydrogen-bond acceptors (Lipinski definition) is 4. The van der Waals surface area contributed by atoms with Gasteiger partial charge in [0.2, 0.25) is 0 Å². The highest BCUT2D eigenvalue weighted by molar-refractivity contribution is 5.10. The highest BCUT2D eigenvalue weighted by Gasteiger charge is 2.10. The molecule has 0 saturated carbocycles. The van der Waals surface area contributed by atoms with Gasteiger partial charge in [0.15, 0.2) is 0 Å². The minimum absolute atomic E-state index is 0.237. The van der Waals surface area contributed by atoms with Crippen LogP contribution in [0.1, 0.15) is 17.3 Å². The Kier molecular flexibility index (Phi) is 2.72. The van der Waals surface area contributed by atoms with Crippen LogP contribution in [0.15, 0.2) is 12.4 Å². The molecule has 1 heterocycles. The zero-order chi connectivity index (χ0) is 8.97. The molecule has 1 aromatic heterocycles. The summed E-state index contributed by atoms with van der Waals surface area (Å²) in [6, 6.07) is 1.91. The zero-order valence-electron chi connectivity index (χ0n) is 6.73. The van der Waals surface area contributed by atoms with Gasteiger partial charge in [-0.05, 0) is 12.5 Å². The van der Waals surface area contributed by atoms with Gasteiger partial charge in [0.1, 0.15) is 11.7 Å². The Balaban J connectivity index is 2.89. The summed E-state index contributed by atoms with van der Waals surface area (Å²) in [7, 11) is 0. The third-order valence-corrected chi connectivity index (χ3v) is 1.45. The molecule has 0 saturated heterocycles. The lowest BCUT2D eigenvalue weighted by atomic mass is 10.2. The summed E-state index contributed by atoms with van der Waals surface area (Å²) in [5.74, 6) is -0.226. The van der Waals surface area contributed by atoms with E-state index in [1.54, 1.807) is 12.4 Å². The van der Waals surface area contributed by atoms with E-state index in [2.05, 4.69) is 9.97 Å². The van der Waals surface area contributed by atoms with Crippen LogP contribution in [-0.2, 0) is 0 Å². The number of nitrogens with zero attached hydrogens (tertiary/aromatic N) is 3. The van der Waals surface area contributed by atoms with Crippen molar-refractivity contribution in [1.82, 2.24) is 9.97 Å². The topological polar surface area (TPSA) is 69.8 Å². The predicted molar refractivity (Wildman–Crippen MR) is 42.2 cm³/mol. The van der Waals surface area contributed by atoms with Crippen molar-refractivity contribution in [3.63, 3.8) is 0 Å². The Hall–Kier alpha value is -1.47. The summed E-state index contributed by atoms with van der Waals surface area (Å²) in [5.41, 5.74) is 0.938. The van der Waals surface area contributed by atoms with Crippen LogP contribution in [0.2, 0.25) is 0 Å². The van der Waals surface area contributed by atoms with Gasteiger partial charge in [-0.2, -0.15) is 5.26 Å². The molecule has 0 bridgehead atoms. The molecule has 1 rings (SSSR count). The van der Waals surface area contributed by atoms with Crippen molar-refractivity contribution in [2.75, 3.05) is 6.61 Å². The molecule has 12 heavy (non-hydrogen) atoms. The number of aromatic nitrogens is 2. The van der Waals surface area contributed by atoms with Gasteiger partial charge in [-0.15, -0.1) is 0 Å². The van der Waals surface area contributed by atoms with Gasteiger partial charge in [0.05, 0.1) is 12.7 Å². The Bertz CT molecular complexity index is 288. The van der Waals surface area contributed by atoms with Gasteiger partial charge in [-0.3, -0.25) is 0 Å². The predicted octanol–water partition coefficient (Wildman–Crippen LogP) is 0.384. The van der Waals surface area contributed by atoms with E-state index >= 15 is 0 Å². The Morgan fingerprint density at radius 3 is 2.58 bits per heavy atom. The molecule has 0 amide bonds. The third-order valence-electron chi connectivity index (χ3n) is 1.45. The van der Waals surface area contributed by atoms with Crippen LogP contribution in [0, 0.1) is 18.3 Å². The number of aryl methyl sites for hydroxylation is 1. The number of nitriles is 1. The highest BCUT2D eigenvalue weighted by Crippen LogP contribution is 2.07. The van der Waals surface area contributed by atoms with E-state index in [1.165, 1.54) is 0 Å². The van der Waals surface area contributed by atoms with E-state index < -0.39 is 5.92 Å². The van der Waals surface area contributed by atoms with E-state index in [1.807, 2.05) is 13.0 Å². The van der Waals surface area contributed by atoms with Crippen LogP contribution >= 0.6 is 0 Å². The van der Waals surface area contributed by atoms with Gasteiger partial charge in [0, 0.05) is 12.4 Å². The molecule has 4 nitrogen and oxygen atoms in total. The fourth-order valence-corrected chi connectivity index (χ4v) is 0.763. The van der Waals surface area contributed by atoms with Crippen molar-refractivity contribution in [3.8, 4) is 6.07 Å². The number of aliphatic hydroxyl groups excluding tert-OH is 1. The molecule has 0 aliphatic rings. The molecule has 0 aliphatic heterocycles. The number of hydrogen-bond donors (Lipinski definition) is 1. The van der Waals surface area contributed by atoms with Crippen LogP contribution in [0.25, 0.3) is 0 Å². The molecule has 0 spiro atoms. The van der Waals surface area contributed by atoms with E-state index in [-0.39, 0.29) is 6.61 Å². The second-order valence-corrected chi connectivity index (χ2v) is 2.48. The van der Waals surface area contributed by atoms with Crippen LogP contribution < -0.4 is 0 Å². The average molecular weight is 163 g/mol. The largest absolute Gasteiger partial charge is 0.395 e. The second-order valence-electron chi connectivity index (χ2n) is 2.48. The van der Waals surface area contributed by atoms with Crippen molar-refractivity contribution in [2.24, 2.45) is 0 Å². The molecule has 0 radical (unpaired) electrons. The van der Waals surface area contributed by atoms with E-state index in [0.717, 1.165) is 5.56 Å². The van der Waals surface area contributed by atoms with Gasteiger partial charge in [0.25, 0.3) is 0 Å². The lowest BCUT2D eigenvalue weighted by Crippen LogP contribution is -2.06. The maximum absolute atomic E-state index is 8.75. The number of rotatable bonds is 2. The molecule has 4 heteroatoms. The molecular formula is C8H9N3O. The first-order valence-electron chi connectivity index (χ1n) is 3.57. The van der Waals surface area contributed by atoms with Crippen molar-refractivity contribution in [3.05, 3.63) is 23.8 Å². The van der Waals surface area contributed by atoms with Crippen molar-refractivity contribution < 1.29 is 5.11 Å². The smallest absolute Gasteiger partial charge is 0.147 e. The lowest BCUT2D eigenvalue weighted by molar-refractivity contribution is 0.282. The molecule has 1 unspecified atom stereocenters. The van der Waals surface area contributed by atoms with Crippen molar-refractivity contribution >= 4 is 0 Å². The molecular weight excluding hydrogens is 154 g/mol. The quantitative estimate of drug-likeness (QED) is 0.684. The standard InChI is InChI=1S/C8H9N3O/c1-6-3-10-8(11-4-6)7(2-9)5-12/h3-4,7,12H,5H2,1H3. The van der Waals surface area contributed by atoms with Crippen LogP contribution in [-0.4, -0.2) is 21.7 Å². The monoisotopic (exact) mass is 163 g/mol. The van der Waals surface area contributed by atoms with Gasteiger partial charge >= 0.3 is 0 Å². The van der Waals surface area contributed by atoms with Crippen LogP contribution in [0.5, 0.6) is 0 Å². The van der Waals surface area contributed by atoms with E-state index in [9.17, 15) is 0 Å². The summed E-state index contributed by atoms with van der Waals surface area (Å²) < 4.78 is 0. The minimum Gasteiger partial charge on any atom is -0.395 e. The molecule has 1 atom stereocenters. The van der Waals surface area contributed by atoms with Crippen LogP contribution in [0.4, 0.5) is 0 Å². The van der Waals surface area contributed by atoms with Gasteiger partial charge in [-0.1, -0.05) is 0 Å². The van der Waals surface area contributed by atoms with Crippen LogP contribution in [0.3, 0.4) is 0 Å². The van der Waals surface area contributed by atoms with Crippen molar-refractivity contribution in [1.29, 1.82) is 5.26 Å². The first-order chi connectivity index (χ1) is 5.77. The summed E-state index contributed by atoms with van der Waals surface area (Å²) in [5, 5.41) is 17.3. The summed E-state index contributed by atoms with van der Waals surface area (Å²) in [4.78, 5) is 7.85. The normalized spacial score (nSPS) is 12.1.